The molecule has 0 fully saturated rings. The third kappa shape index (κ3) is 4.92. The van der Waals surface area contributed by atoms with Gasteiger partial charge in [-0.3, -0.25) is 0 Å². The molecule has 0 radical (unpaired) electrons. The van der Waals surface area contributed by atoms with E-state index in [1.165, 1.54) is 6.07 Å². The van der Waals surface area contributed by atoms with Crippen LogP contribution in [0.5, 0.6) is 0 Å². The van der Waals surface area contributed by atoms with Crippen LogP contribution in [0.15, 0.2) is 18.2 Å². The van der Waals surface area contributed by atoms with Gasteiger partial charge in [0.05, 0.1) is 11.3 Å². The highest BCUT2D eigenvalue weighted by atomic mass is 19.1. The summed E-state index contributed by atoms with van der Waals surface area (Å²) in [5.74, 6) is -1.99. The van der Waals surface area contributed by atoms with E-state index in [2.05, 4.69) is 10.6 Å². The van der Waals surface area contributed by atoms with Gasteiger partial charge >= 0.3 is 12.0 Å². The molecule has 6 nitrogen and oxygen atoms in total. The highest BCUT2D eigenvalue weighted by molar-refractivity contribution is 5.99. The van der Waals surface area contributed by atoms with E-state index in [1.807, 2.05) is 0 Å². The first-order chi connectivity index (χ1) is 9.04. The number of carbonyl (C=O) groups is 2. The number of halogens is 1. The standard InChI is InChI=1S/C12H15FN2O4/c1-19-6-2-5-14-12(18)15-10-4-3-8(13)7-9(10)11(16)17/h3-4,7H,2,5-6H2,1H3,(H,16,17)(H2,14,15,18). The highest BCUT2D eigenvalue weighted by Crippen LogP contribution is 2.16. The van der Waals surface area contributed by atoms with Crippen LogP contribution in [-0.2, 0) is 4.74 Å². The van der Waals surface area contributed by atoms with Crippen molar-refractivity contribution in [3.05, 3.63) is 29.6 Å². The van der Waals surface area contributed by atoms with Crippen molar-refractivity contribution in [3.8, 4) is 0 Å². The largest absolute Gasteiger partial charge is 0.478 e. The monoisotopic (exact) mass is 270 g/mol. The van der Waals surface area contributed by atoms with Crippen molar-refractivity contribution >= 4 is 17.7 Å². The van der Waals surface area contributed by atoms with Crippen LogP contribution in [-0.4, -0.2) is 37.4 Å². The number of benzene rings is 1. The molecule has 0 bridgehead atoms. The van der Waals surface area contributed by atoms with Gasteiger partial charge in [0, 0.05) is 20.3 Å². The number of aromatic carboxylic acids is 1. The molecule has 7 heteroatoms. The van der Waals surface area contributed by atoms with Crippen LogP contribution < -0.4 is 10.6 Å². The van der Waals surface area contributed by atoms with Crippen molar-refractivity contribution in [1.29, 1.82) is 0 Å². The first-order valence-corrected chi connectivity index (χ1v) is 5.61. The average Bonchev–Trinajstić information content (AvgIpc) is 2.36. The van der Waals surface area contributed by atoms with Crippen LogP contribution in [0, 0.1) is 5.82 Å². The maximum atomic E-state index is 12.9. The molecule has 1 rings (SSSR count). The minimum Gasteiger partial charge on any atom is -0.478 e. The zero-order valence-corrected chi connectivity index (χ0v) is 10.4. The Labute approximate surface area is 109 Å². The minimum atomic E-state index is -1.31. The second kappa shape index (κ2) is 7.32. The van der Waals surface area contributed by atoms with Crippen LogP contribution >= 0.6 is 0 Å². The average molecular weight is 270 g/mol. The Morgan fingerprint density at radius 2 is 2.16 bits per heavy atom. The topological polar surface area (TPSA) is 87.7 Å². The summed E-state index contributed by atoms with van der Waals surface area (Å²) in [4.78, 5) is 22.4. The van der Waals surface area contributed by atoms with Gasteiger partial charge in [-0.1, -0.05) is 0 Å². The van der Waals surface area contributed by atoms with Gasteiger partial charge in [0.1, 0.15) is 5.82 Å². The molecule has 1 aromatic carbocycles. The summed E-state index contributed by atoms with van der Waals surface area (Å²) in [6.07, 6.45) is 0.638. The number of amides is 2. The summed E-state index contributed by atoms with van der Waals surface area (Å²) in [6.45, 7) is 0.903. The number of carboxylic acids is 1. The fourth-order valence-corrected chi connectivity index (χ4v) is 1.39. The Morgan fingerprint density at radius 3 is 2.79 bits per heavy atom. The second-order valence-electron chi connectivity index (χ2n) is 3.72. The molecule has 3 N–H and O–H groups in total. The fourth-order valence-electron chi connectivity index (χ4n) is 1.39. The van der Waals surface area contributed by atoms with Gasteiger partial charge in [-0.25, -0.2) is 14.0 Å². The third-order valence-electron chi connectivity index (χ3n) is 2.27. The molecule has 1 aromatic rings. The Hall–Kier alpha value is -2.15. The predicted molar refractivity (Wildman–Crippen MR) is 66.9 cm³/mol. The van der Waals surface area contributed by atoms with Crippen molar-refractivity contribution in [2.75, 3.05) is 25.6 Å². The second-order valence-corrected chi connectivity index (χ2v) is 3.72. The molecule has 0 aliphatic heterocycles. The van der Waals surface area contributed by atoms with Gasteiger partial charge in [0.25, 0.3) is 0 Å². The molecule has 0 aliphatic rings. The minimum absolute atomic E-state index is 0.0399. The lowest BCUT2D eigenvalue weighted by Gasteiger charge is -2.09. The number of hydrogen-bond donors (Lipinski definition) is 3. The van der Waals surface area contributed by atoms with Crippen molar-refractivity contribution in [2.45, 2.75) is 6.42 Å². The van der Waals surface area contributed by atoms with E-state index >= 15 is 0 Å². The summed E-state index contributed by atoms with van der Waals surface area (Å²) in [5.41, 5.74) is -0.259. The molecular formula is C12H15FN2O4. The SMILES string of the molecule is COCCCNC(=O)Nc1ccc(F)cc1C(=O)O. The maximum Gasteiger partial charge on any atom is 0.337 e. The Balaban J connectivity index is 2.61. The number of urea groups is 1. The van der Waals surface area contributed by atoms with E-state index in [-0.39, 0.29) is 11.3 Å². The first kappa shape index (κ1) is 14.9. The number of rotatable bonds is 6. The summed E-state index contributed by atoms with van der Waals surface area (Å²) in [6, 6.07) is 2.58. The van der Waals surface area contributed by atoms with Gasteiger partial charge in [-0.05, 0) is 24.6 Å². The van der Waals surface area contributed by atoms with Crippen LogP contribution in [0.1, 0.15) is 16.8 Å². The van der Waals surface area contributed by atoms with E-state index in [9.17, 15) is 14.0 Å². The molecule has 0 saturated heterocycles. The number of nitrogens with one attached hydrogen (secondary N) is 2. The number of anilines is 1. The lowest BCUT2D eigenvalue weighted by atomic mass is 10.2. The van der Waals surface area contributed by atoms with E-state index in [0.29, 0.717) is 19.6 Å². The predicted octanol–water partition coefficient (Wildman–Crippen LogP) is 1.68. The Kier molecular flexibility index (Phi) is 5.74. The van der Waals surface area contributed by atoms with Crippen molar-refractivity contribution in [2.24, 2.45) is 0 Å². The van der Waals surface area contributed by atoms with E-state index < -0.39 is 17.8 Å². The molecule has 0 saturated carbocycles. The van der Waals surface area contributed by atoms with Gasteiger partial charge in [-0.15, -0.1) is 0 Å². The normalized spacial score (nSPS) is 10.0. The van der Waals surface area contributed by atoms with Crippen LogP contribution in [0.4, 0.5) is 14.9 Å². The van der Waals surface area contributed by atoms with E-state index in [0.717, 1.165) is 12.1 Å². The molecule has 0 aromatic heterocycles. The molecule has 19 heavy (non-hydrogen) atoms. The fraction of sp³-hybridized carbons (Fsp3) is 0.333. The molecule has 2 amide bonds. The molecule has 104 valence electrons. The van der Waals surface area contributed by atoms with E-state index in [1.54, 1.807) is 7.11 Å². The molecule has 0 heterocycles. The molecule has 0 atom stereocenters. The summed E-state index contributed by atoms with van der Waals surface area (Å²) < 4.78 is 17.7. The molecule has 0 spiro atoms. The summed E-state index contributed by atoms with van der Waals surface area (Å²) >= 11 is 0. The third-order valence-corrected chi connectivity index (χ3v) is 2.27. The Bertz CT molecular complexity index is 465. The zero-order valence-electron chi connectivity index (χ0n) is 10.4. The number of ether oxygens (including phenoxy) is 1. The zero-order chi connectivity index (χ0) is 14.3. The summed E-state index contributed by atoms with van der Waals surface area (Å²) in [5, 5.41) is 13.8. The number of hydrogen-bond acceptors (Lipinski definition) is 3. The lowest BCUT2D eigenvalue weighted by Crippen LogP contribution is -2.30. The maximum absolute atomic E-state index is 12.9. The highest BCUT2D eigenvalue weighted by Gasteiger charge is 2.13. The van der Waals surface area contributed by atoms with Crippen molar-refractivity contribution < 1.29 is 23.8 Å². The van der Waals surface area contributed by atoms with Gasteiger partial charge in [0.15, 0.2) is 0 Å². The number of carboxylic acid groups (broad SMARTS) is 1. The first-order valence-electron chi connectivity index (χ1n) is 5.61. The number of methoxy groups -OCH3 is 1. The van der Waals surface area contributed by atoms with Crippen LogP contribution in [0.2, 0.25) is 0 Å². The van der Waals surface area contributed by atoms with Gasteiger partial charge in [0.2, 0.25) is 0 Å². The summed E-state index contributed by atoms with van der Waals surface area (Å²) in [7, 11) is 1.55. The quantitative estimate of drug-likeness (QED) is 0.686. The molecule has 0 unspecified atom stereocenters. The van der Waals surface area contributed by atoms with Crippen molar-refractivity contribution in [3.63, 3.8) is 0 Å². The van der Waals surface area contributed by atoms with Crippen LogP contribution in [0.25, 0.3) is 0 Å². The van der Waals surface area contributed by atoms with Crippen LogP contribution in [0.3, 0.4) is 0 Å². The smallest absolute Gasteiger partial charge is 0.337 e. The molecular weight excluding hydrogens is 255 g/mol. The Morgan fingerprint density at radius 1 is 1.42 bits per heavy atom. The number of carbonyl (C=O) groups excluding carboxylic acids is 1. The van der Waals surface area contributed by atoms with Crippen molar-refractivity contribution in [1.82, 2.24) is 5.32 Å². The lowest BCUT2D eigenvalue weighted by molar-refractivity contribution is 0.0697. The van der Waals surface area contributed by atoms with Gasteiger partial charge < -0.3 is 20.5 Å². The van der Waals surface area contributed by atoms with Gasteiger partial charge in [-0.2, -0.15) is 0 Å². The van der Waals surface area contributed by atoms with E-state index in [4.69, 9.17) is 9.84 Å². The molecule has 0 aliphatic carbocycles.